The number of anilines is 1. The largest absolute Gasteiger partial charge is 0.381 e. The third-order valence-corrected chi connectivity index (χ3v) is 2.74. The Kier molecular flexibility index (Phi) is 3.20. The summed E-state index contributed by atoms with van der Waals surface area (Å²) in [5.41, 5.74) is 6.05. The third kappa shape index (κ3) is 2.26. The zero-order valence-electron chi connectivity index (χ0n) is 10.4. The molecular formula is C12H12FN3O3. The second kappa shape index (κ2) is 4.68. The number of nitro groups is 1. The number of non-ortho nitro benzene ring substituents is 1. The van der Waals surface area contributed by atoms with Gasteiger partial charge in [0.2, 0.25) is 0 Å². The summed E-state index contributed by atoms with van der Waals surface area (Å²) in [5.74, 6) is -0.342. The first-order valence-electron chi connectivity index (χ1n) is 5.61. The van der Waals surface area contributed by atoms with Gasteiger partial charge in [-0.15, -0.1) is 0 Å². The molecular weight excluding hydrogens is 253 g/mol. The van der Waals surface area contributed by atoms with Crippen LogP contribution < -0.4 is 5.73 Å². The fourth-order valence-electron chi connectivity index (χ4n) is 1.86. The number of benzene rings is 1. The van der Waals surface area contributed by atoms with E-state index in [0.717, 1.165) is 6.07 Å². The van der Waals surface area contributed by atoms with E-state index < -0.39 is 10.7 Å². The fourth-order valence-corrected chi connectivity index (χ4v) is 1.86. The van der Waals surface area contributed by atoms with E-state index in [-0.39, 0.29) is 28.7 Å². The molecule has 0 saturated carbocycles. The van der Waals surface area contributed by atoms with E-state index in [1.807, 2.05) is 13.8 Å². The van der Waals surface area contributed by atoms with Crippen molar-refractivity contribution in [1.29, 1.82) is 0 Å². The van der Waals surface area contributed by atoms with Gasteiger partial charge >= 0.3 is 0 Å². The van der Waals surface area contributed by atoms with Crippen LogP contribution in [0, 0.1) is 15.9 Å². The Morgan fingerprint density at radius 2 is 2.16 bits per heavy atom. The lowest BCUT2D eigenvalue weighted by Crippen LogP contribution is -1.96. The monoisotopic (exact) mass is 265 g/mol. The average molecular weight is 265 g/mol. The van der Waals surface area contributed by atoms with E-state index >= 15 is 0 Å². The molecule has 2 rings (SSSR count). The third-order valence-electron chi connectivity index (χ3n) is 2.74. The van der Waals surface area contributed by atoms with E-state index in [4.69, 9.17) is 10.3 Å². The van der Waals surface area contributed by atoms with Crippen molar-refractivity contribution in [3.05, 3.63) is 39.7 Å². The van der Waals surface area contributed by atoms with Crippen molar-refractivity contribution < 1.29 is 13.8 Å². The Morgan fingerprint density at radius 1 is 1.47 bits per heavy atom. The zero-order chi connectivity index (χ0) is 14.2. The molecule has 0 aliphatic carbocycles. The molecule has 0 spiro atoms. The van der Waals surface area contributed by atoms with Crippen molar-refractivity contribution >= 4 is 11.5 Å². The first-order valence-corrected chi connectivity index (χ1v) is 5.61. The summed E-state index contributed by atoms with van der Waals surface area (Å²) in [6.07, 6.45) is 0. The van der Waals surface area contributed by atoms with Gasteiger partial charge in [-0.25, -0.2) is 4.39 Å². The molecule has 1 aromatic heterocycles. The smallest absolute Gasteiger partial charge is 0.272 e. The predicted octanol–water partition coefficient (Wildman–Crippen LogP) is 3.09. The first-order chi connectivity index (χ1) is 8.91. The Balaban J connectivity index is 2.57. The van der Waals surface area contributed by atoms with Gasteiger partial charge in [-0.05, 0) is 12.0 Å². The van der Waals surface area contributed by atoms with Crippen LogP contribution in [0.5, 0.6) is 0 Å². The predicted molar refractivity (Wildman–Crippen MR) is 67.1 cm³/mol. The summed E-state index contributed by atoms with van der Waals surface area (Å²) in [5, 5.41) is 14.2. The first kappa shape index (κ1) is 13.0. The van der Waals surface area contributed by atoms with Crippen LogP contribution in [0.4, 0.5) is 15.9 Å². The summed E-state index contributed by atoms with van der Waals surface area (Å²) >= 11 is 0. The number of nitrogens with two attached hydrogens (primary N) is 1. The molecule has 0 unspecified atom stereocenters. The van der Waals surface area contributed by atoms with E-state index in [1.54, 1.807) is 0 Å². The quantitative estimate of drug-likeness (QED) is 0.679. The minimum atomic E-state index is -0.743. The van der Waals surface area contributed by atoms with E-state index in [9.17, 15) is 14.5 Å². The maximum Gasteiger partial charge on any atom is 0.272 e. The lowest BCUT2D eigenvalue weighted by Gasteiger charge is -2.06. The van der Waals surface area contributed by atoms with Gasteiger partial charge in [-0.2, -0.15) is 0 Å². The Hall–Kier alpha value is -2.44. The summed E-state index contributed by atoms with van der Waals surface area (Å²) in [6.45, 7) is 3.74. The highest BCUT2D eigenvalue weighted by Crippen LogP contribution is 2.35. The molecule has 100 valence electrons. The number of halogens is 1. The van der Waals surface area contributed by atoms with Crippen LogP contribution in [0.25, 0.3) is 11.3 Å². The van der Waals surface area contributed by atoms with Gasteiger partial charge in [0.15, 0.2) is 11.6 Å². The van der Waals surface area contributed by atoms with E-state index in [0.29, 0.717) is 5.56 Å². The van der Waals surface area contributed by atoms with Crippen molar-refractivity contribution in [3.8, 4) is 11.3 Å². The van der Waals surface area contributed by atoms with Crippen LogP contribution in [0.2, 0.25) is 0 Å². The summed E-state index contributed by atoms with van der Waals surface area (Å²) < 4.78 is 19.0. The second-order valence-electron chi connectivity index (χ2n) is 4.39. The maximum absolute atomic E-state index is 13.9. The molecule has 2 aromatic rings. The molecule has 0 amide bonds. The van der Waals surface area contributed by atoms with Crippen molar-refractivity contribution in [1.82, 2.24) is 5.16 Å². The van der Waals surface area contributed by atoms with Gasteiger partial charge in [-0.3, -0.25) is 10.1 Å². The normalized spacial score (nSPS) is 10.9. The number of hydrogen-bond donors (Lipinski definition) is 1. The highest BCUT2D eigenvalue weighted by atomic mass is 19.1. The molecule has 0 saturated heterocycles. The number of rotatable bonds is 3. The molecule has 0 aliphatic rings. The van der Waals surface area contributed by atoms with Crippen molar-refractivity contribution in [2.45, 2.75) is 19.8 Å². The van der Waals surface area contributed by atoms with Gasteiger partial charge in [0.1, 0.15) is 5.82 Å². The molecule has 0 fully saturated rings. The number of nitrogens with zero attached hydrogens (tertiary/aromatic N) is 2. The lowest BCUT2D eigenvalue weighted by atomic mass is 9.99. The second-order valence-corrected chi connectivity index (χ2v) is 4.39. The fraction of sp³-hybridized carbons (Fsp3) is 0.250. The number of nitrogen functional groups attached to an aromatic ring is 1. The van der Waals surface area contributed by atoms with Crippen LogP contribution in [0.1, 0.15) is 25.3 Å². The molecule has 0 radical (unpaired) electrons. The highest BCUT2D eigenvalue weighted by molar-refractivity contribution is 5.68. The standard InChI is InChI=1S/C12H12FN3O3/c1-6(2)10-11(19-15-12(10)14)8-4-3-7(16(17)18)5-9(8)13/h3-6H,1-2H3,(H2,14,15). The molecule has 0 bridgehead atoms. The lowest BCUT2D eigenvalue weighted by molar-refractivity contribution is -0.385. The molecule has 6 nitrogen and oxygen atoms in total. The molecule has 7 heteroatoms. The van der Waals surface area contributed by atoms with Gasteiger partial charge in [0, 0.05) is 11.6 Å². The van der Waals surface area contributed by atoms with Crippen LogP contribution in [0.15, 0.2) is 22.7 Å². The molecule has 0 aliphatic heterocycles. The molecule has 1 heterocycles. The SMILES string of the molecule is CC(C)c1c(N)noc1-c1ccc([N+](=O)[O-])cc1F. The minimum Gasteiger partial charge on any atom is -0.381 e. The van der Waals surface area contributed by atoms with Crippen LogP contribution in [-0.4, -0.2) is 10.1 Å². The molecule has 19 heavy (non-hydrogen) atoms. The van der Waals surface area contributed by atoms with Crippen LogP contribution >= 0.6 is 0 Å². The Labute approximate surface area is 108 Å². The van der Waals surface area contributed by atoms with Gasteiger partial charge in [0.25, 0.3) is 5.69 Å². The maximum atomic E-state index is 13.9. The van der Waals surface area contributed by atoms with Crippen LogP contribution in [-0.2, 0) is 0 Å². The summed E-state index contributed by atoms with van der Waals surface area (Å²) in [4.78, 5) is 9.90. The Morgan fingerprint density at radius 3 is 2.68 bits per heavy atom. The van der Waals surface area contributed by atoms with Crippen molar-refractivity contribution in [3.63, 3.8) is 0 Å². The van der Waals surface area contributed by atoms with Crippen molar-refractivity contribution in [2.24, 2.45) is 0 Å². The summed E-state index contributed by atoms with van der Waals surface area (Å²) in [7, 11) is 0. The van der Waals surface area contributed by atoms with Crippen LogP contribution in [0.3, 0.4) is 0 Å². The molecule has 0 atom stereocenters. The average Bonchev–Trinajstić information content (AvgIpc) is 2.70. The highest BCUT2D eigenvalue weighted by Gasteiger charge is 2.22. The molecule has 1 aromatic carbocycles. The minimum absolute atomic E-state index is 0.00385. The van der Waals surface area contributed by atoms with Gasteiger partial charge in [-0.1, -0.05) is 19.0 Å². The number of aromatic nitrogens is 1. The number of nitro benzene ring substituents is 1. The van der Waals surface area contributed by atoms with Crippen molar-refractivity contribution in [2.75, 3.05) is 5.73 Å². The zero-order valence-corrected chi connectivity index (χ0v) is 10.4. The topological polar surface area (TPSA) is 95.2 Å². The summed E-state index contributed by atoms with van der Waals surface area (Å²) in [6, 6.07) is 3.35. The van der Waals surface area contributed by atoms with Gasteiger partial charge in [0.05, 0.1) is 16.6 Å². The Bertz CT molecular complexity index is 637. The van der Waals surface area contributed by atoms with E-state index in [2.05, 4.69) is 5.16 Å². The number of hydrogen-bond acceptors (Lipinski definition) is 5. The van der Waals surface area contributed by atoms with E-state index in [1.165, 1.54) is 12.1 Å². The van der Waals surface area contributed by atoms with Gasteiger partial charge < -0.3 is 10.3 Å². The molecule has 2 N–H and O–H groups in total.